The number of phenols is 1. The zero-order valence-corrected chi connectivity index (χ0v) is 14.3. The van der Waals surface area contributed by atoms with E-state index in [4.69, 9.17) is 4.74 Å². The molecule has 0 radical (unpaired) electrons. The van der Waals surface area contributed by atoms with E-state index in [9.17, 15) is 15.0 Å². The minimum atomic E-state index is -0.351. The fourth-order valence-electron chi connectivity index (χ4n) is 1.96. The van der Waals surface area contributed by atoms with E-state index in [0.29, 0.717) is 23.3 Å². The second kappa shape index (κ2) is 6.55. The summed E-state index contributed by atoms with van der Waals surface area (Å²) >= 11 is 4.10. The number of benzene rings is 1. The number of hydrogen-bond acceptors (Lipinski definition) is 4. The Morgan fingerprint density at radius 3 is 2.89 bits per heavy atom. The van der Waals surface area contributed by atoms with Gasteiger partial charge in [-0.3, -0.25) is 4.79 Å². The molecule has 1 amide bonds. The molecule has 2 rings (SSSR count). The third-order valence-corrected chi connectivity index (χ3v) is 4.40. The summed E-state index contributed by atoms with van der Waals surface area (Å²) < 4.78 is 6.77. The van der Waals surface area contributed by atoms with Crippen LogP contribution < -0.4 is 0 Å². The molecule has 1 fully saturated rings. The number of phenolic OH excluding ortho intramolecular Hbond substituents is 1. The van der Waals surface area contributed by atoms with Crippen molar-refractivity contribution in [3.05, 3.63) is 24.8 Å². The molecule has 1 atom stereocenters. The first kappa shape index (κ1) is 15.3. The van der Waals surface area contributed by atoms with E-state index in [-0.39, 0.29) is 29.9 Å². The van der Waals surface area contributed by atoms with Gasteiger partial charge in [-0.2, -0.15) is 0 Å². The van der Waals surface area contributed by atoms with Gasteiger partial charge in [-0.05, 0) is 57.3 Å². The van der Waals surface area contributed by atoms with Crippen LogP contribution in [0.3, 0.4) is 0 Å². The number of rotatable bonds is 2. The van der Waals surface area contributed by atoms with Crippen LogP contribution in [0.1, 0.15) is 10.4 Å². The lowest BCUT2D eigenvalue weighted by molar-refractivity contribution is -0.0185. The van der Waals surface area contributed by atoms with Gasteiger partial charge in [-0.1, -0.05) is 0 Å². The maximum Gasteiger partial charge on any atom is 0.258 e. The SMILES string of the molecule is O=C(c1cc(I)cc(I)c1O)N1CCOCC1CO. The first-order valence-corrected chi connectivity index (χ1v) is 7.88. The van der Waals surface area contributed by atoms with E-state index in [2.05, 4.69) is 22.6 Å². The second-order valence-electron chi connectivity index (χ2n) is 4.19. The fraction of sp³-hybridized carbons (Fsp3) is 0.417. The van der Waals surface area contributed by atoms with Gasteiger partial charge in [0.15, 0.2) is 0 Å². The molecule has 1 aromatic rings. The van der Waals surface area contributed by atoms with Crippen molar-refractivity contribution < 1.29 is 19.7 Å². The van der Waals surface area contributed by atoms with Gasteiger partial charge in [0.2, 0.25) is 0 Å². The summed E-state index contributed by atoms with van der Waals surface area (Å²) in [6.45, 7) is 1.05. The van der Waals surface area contributed by atoms with Crippen molar-refractivity contribution in [1.29, 1.82) is 0 Å². The molecule has 5 nitrogen and oxygen atoms in total. The number of carbonyl (C=O) groups is 1. The number of halogens is 2. The smallest absolute Gasteiger partial charge is 0.258 e. The highest BCUT2D eigenvalue weighted by Gasteiger charge is 2.29. The maximum absolute atomic E-state index is 12.5. The quantitative estimate of drug-likeness (QED) is 0.618. The first-order chi connectivity index (χ1) is 9.04. The summed E-state index contributed by atoms with van der Waals surface area (Å²) in [5.74, 6) is -0.273. The minimum Gasteiger partial charge on any atom is -0.506 e. The van der Waals surface area contributed by atoms with Crippen LogP contribution >= 0.6 is 45.2 Å². The monoisotopic (exact) mass is 489 g/mol. The Balaban J connectivity index is 2.33. The number of aromatic hydroxyl groups is 1. The number of nitrogens with zero attached hydrogens (tertiary/aromatic N) is 1. The maximum atomic E-state index is 12.5. The molecule has 1 saturated heterocycles. The van der Waals surface area contributed by atoms with E-state index in [1.165, 1.54) is 0 Å². The van der Waals surface area contributed by atoms with Crippen molar-refractivity contribution in [3.63, 3.8) is 0 Å². The Kier molecular flexibility index (Phi) is 5.26. The number of amides is 1. The standard InChI is InChI=1S/C12H13I2NO4/c13-7-3-9(11(17)10(14)4-7)12(18)15-1-2-19-6-8(15)5-16/h3-4,8,16-17H,1-2,5-6H2. The van der Waals surface area contributed by atoms with Crippen LogP contribution in [0.25, 0.3) is 0 Å². The largest absolute Gasteiger partial charge is 0.506 e. The lowest BCUT2D eigenvalue weighted by Gasteiger charge is -2.34. The van der Waals surface area contributed by atoms with Crippen LogP contribution in [-0.2, 0) is 4.74 Å². The molecule has 0 spiro atoms. The van der Waals surface area contributed by atoms with Gasteiger partial charge in [0.05, 0.1) is 35.0 Å². The lowest BCUT2D eigenvalue weighted by atomic mass is 10.1. The summed E-state index contributed by atoms with van der Waals surface area (Å²) in [4.78, 5) is 14.0. The number of aliphatic hydroxyl groups excluding tert-OH is 1. The Bertz CT molecular complexity index is 495. The van der Waals surface area contributed by atoms with Gasteiger partial charge in [-0.15, -0.1) is 0 Å². The molecule has 1 aliphatic heterocycles. The highest BCUT2D eigenvalue weighted by Crippen LogP contribution is 2.28. The Labute approximate surface area is 138 Å². The van der Waals surface area contributed by atoms with Crippen molar-refractivity contribution in [2.75, 3.05) is 26.4 Å². The van der Waals surface area contributed by atoms with Gasteiger partial charge >= 0.3 is 0 Å². The molecule has 0 bridgehead atoms. The molecule has 0 aliphatic carbocycles. The van der Waals surface area contributed by atoms with E-state index >= 15 is 0 Å². The molecule has 7 heteroatoms. The summed E-state index contributed by atoms with van der Waals surface area (Å²) in [5, 5.41) is 19.3. The Hall–Kier alpha value is -0.130. The van der Waals surface area contributed by atoms with Gasteiger partial charge in [0, 0.05) is 10.1 Å². The topological polar surface area (TPSA) is 70.0 Å². The molecular weight excluding hydrogens is 476 g/mol. The van der Waals surface area contributed by atoms with Crippen LogP contribution in [0.2, 0.25) is 0 Å². The molecule has 1 aliphatic rings. The lowest BCUT2D eigenvalue weighted by Crippen LogP contribution is -2.50. The first-order valence-electron chi connectivity index (χ1n) is 5.72. The van der Waals surface area contributed by atoms with Crippen LogP contribution in [0.4, 0.5) is 0 Å². The highest BCUT2D eigenvalue weighted by molar-refractivity contribution is 14.1. The molecule has 1 heterocycles. The number of carbonyl (C=O) groups excluding carboxylic acids is 1. The zero-order valence-electron chi connectivity index (χ0n) is 9.97. The molecule has 0 saturated carbocycles. The number of morpholine rings is 1. The van der Waals surface area contributed by atoms with Crippen molar-refractivity contribution >= 4 is 51.1 Å². The molecule has 104 valence electrons. The molecule has 1 unspecified atom stereocenters. The zero-order chi connectivity index (χ0) is 14.0. The molecule has 0 aromatic heterocycles. The normalized spacial score (nSPS) is 19.5. The van der Waals surface area contributed by atoms with Crippen LogP contribution in [0, 0.1) is 7.14 Å². The van der Waals surface area contributed by atoms with Crippen molar-refractivity contribution in [2.24, 2.45) is 0 Å². The predicted molar refractivity (Wildman–Crippen MR) is 86.3 cm³/mol. The molecular formula is C12H13I2NO4. The van der Waals surface area contributed by atoms with Gasteiger partial charge < -0.3 is 19.8 Å². The van der Waals surface area contributed by atoms with Crippen LogP contribution in [0.15, 0.2) is 12.1 Å². The molecule has 1 aromatic carbocycles. The summed E-state index contributed by atoms with van der Waals surface area (Å²) in [6.07, 6.45) is 0. The van der Waals surface area contributed by atoms with Crippen LogP contribution in [0.5, 0.6) is 5.75 Å². The highest BCUT2D eigenvalue weighted by atomic mass is 127. The third-order valence-electron chi connectivity index (χ3n) is 2.96. The van der Waals surface area contributed by atoms with E-state index in [1.807, 2.05) is 22.6 Å². The van der Waals surface area contributed by atoms with Crippen molar-refractivity contribution in [1.82, 2.24) is 4.90 Å². The average Bonchev–Trinajstić information content (AvgIpc) is 2.42. The minimum absolute atomic E-state index is 0.00537. The van der Waals surface area contributed by atoms with Crippen LogP contribution in [-0.4, -0.2) is 53.4 Å². The third kappa shape index (κ3) is 3.31. The fourth-order valence-corrected chi connectivity index (χ4v) is 3.80. The molecule has 19 heavy (non-hydrogen) atoms. The summed E-state index contributed by atoms with van der Waals surface area (Å²) in [5.41, 5.74) is 0.275. The number of aliphatic hydroxyl groups is 1. The van der Waals surface area contributed by atoms with Gasteiger partial charge in [0.25, 0.3) is 5.91 Å². The summed E-state index contributed by atoms with van der Waals surface area (Å²) in [6, 6.07) is 3.11. The van der Waals surface area contributed by atoms with Gasteiger partial charge in [-0.25, -0.2) is 0 Å². The molecule has 2 N–H and O–H groups in total. The average molecular weight is 489 g/mol. The number of ether oxygens (including phenoxy) is 1. The Morgan fingerprint density at radius 1 is 1.47 bits per heavy atom. The van der Waals surface area contributed by atoms with E-state index < -0.39 is 0 Å². The second-order valence-corrected chi connectivity index (χ2v) is 6.60. The summed E-state index contributed by atoms with van der Waals surface area (Å²) in [7, 11) is 0. The van der Waals surface area contributed by atoms with E-state index in [1.54, 1.807) is 17.0 Å². The van der Waals surface area contributed by atoms with Crippen molar-refractivity contribution in [2.45, 2.75) is 6.04 Å². The van der Waals surface area contributed by atoms with E-state index in [0.717, 1.165) is 3.57 Å². The number of hydrogen-bond donors (Lipinski definition) is 2. The van der Waals surface area contributed by atoms with Crippen molar-refractivity contribution in [3.8, 4) is 5.75 Å². The predicted octanol–water partition coefficient (Wildman–Crippen LogP) is 1.43. The Morgan fingerprint density at radius 2 is 2.21 bits per heavy atom. The van der Waals surface area contributed by atoms with Gasteiger partial charge in [0.1, 0.15) is 5.75 Å².